The Morgan fingerprint density at radius 2 is 1.83 bits per heavy atom. The van der Waals surface area contributed by atoms with E-state index in [9.17, 15) is 9.18 Å². The molecular formula is C24H30FNO3. The number of ketones is 1. The molecule has 1 fully saturated rings. The number of carbonyl (C=O) groups excluding carboxylic acids is 1. The summed E-state index contributed by atoms with van der Waals surface area (Å²) in [5.41, 5.74) is 1.85. The van der Waals surface area contributed by atoms with Crippen LogP contribution in [0.4, 0.5) is 4.39 Å². The van der Waals surface area contributed by atoms with Crippen molar-refractivity contribution >= 4 is 5.78 Å². The number of carbonyl (C=O) groups is 1. The molecule has 0 atom stereocenters. The molecule has 2 aromatic rings. The fraction of sp³-hybridized carbons (Fsp3) is 0.458. The minimum absolute atomic E-state index is 0.0117. The van der Waals surface area contributed by atoms with Crippen LogP contribution in [0.2, 0.25) is 0 Å². The van der Waals surface area contributed by atoms with E-state index in [-0.39, 0.29) is 11.6 Å². The molecule has 1 saturated heterocycles. The minimum Gasteiger partial charge on any atom is -0.493 e. The van der Waals surface area contributed by atoms with E-state index in [1.165, 1.54) is 25.3 Å². The van der Waals surface area contributed by atoms with Crippen LogP contribution in [-0.2, 0) is 6.42 Å². The van der Waals surface area contributed by atoms with Crippen LogP contribution in [0.3, 0.4) is 0 Å². The van der Waals surface area contributed by atoms with Crippen LogP contribution in [0.25, 0.3) is 0 Å². The molecule has 1 aliphatic rings. The second kappa shape index (κ2) is 10.4. The van der Waals surface area contributed by atoms with Crippen LogP contribution < -0.4 is 9.47 Å². The van der Waals surface area contributed by atoms with Gasteiger partial charge in [0.2, 0.25) is 0 Å². The highest BCUT2D eigenvalue weighted by atomic mass is 19.1. The second-order valence-corrected chi connectivity index (χ2v) is 7.74. The van der Waals surface area contributed by atoms with Crippen LogP contribution >= 0.6 is 0 Å². The van der Waals surface area contributed by atoms with Crippen LogP contribution in [0.15, 0.2) is 42.5 Å². The Bertz CT molecular complexity index is 798. The highest BCUT2D eigenvalue weighted by Gasteiger charge is 2.19. The highest BCUT2D eigenvalue weighted by molar-refractivity contribution is 5.94. The number of benzene rings is 2. The van der Waals surface area contributed by atoms with Crippen molar-refractivity contribution in [2.75, 3.05) is 33.4 Å². The zero-order chi connectivity index (χ0) is 20.6. The predicted octanol–water partition coefficient (Wildman–Crippen LogP) is 4.76. The standard InChI is InChI=1S/C24H30FNO3/c1-18(27)21-6-9-23(24(17-21)28-2)29-15-3-12-26-13-10-20(11-14-26)16-19-4-7-22(25)8-5-19/h4-9,17,20H,3,10-16H2,1-2H3. The van der Waals surface area contributed by atoms with Crippen molar-refractivity contribution in [2.45, 2.75) is 32.6 Å². The number of hydrogen-bond donors (Lipinski definition) is 0. The van der Waals surface area contributed by atoms with Gasteiger partial charge in [0.05, 0.1) is 13.7 Å². The van der Waals surface area contributed by atoms with Gasteiger partial charge in [0.25, 0.3) is 0 Å². The van der Waals surface area contributed by atoms with Gasteiger partial charge in [-0.3, -0.25) is 4.79 Å². The number of Topliss-reactive ketones (excluding diaryl/α,β-unsaturated/α-hetero) is 1. The van der Waals surface area contributed by atoms with Crippen LogP contribution in [-0.4, -0.2) is 44.0 Å². The molecule has 0 N–H and O–H groups in total. The average molecular weight is 400 g/mol. The second-order valence-electron chi connectivity index (χ2n) is 7.74. The fourth-order valence-electron chi connectivity index (χ4n) is 3.84. The lowest BCUT2D eigenvalue weighted by Crippen LogP contribution is -2.35. The van der Waals surface area contributed by atoms with Crippen molar-refractivity contribution in [3.05, 3.63) is 59.4 Å². The normalized spacial score (nSPS) is 15.3. The number of rotatable bonds is 9. The molecule has 0 spiro atoms. The Kier molecular flexibility index (Phi) is 7.64. The first kappa shape index (κ1) is 21.3. The van der Waals surface area contributed by atoms with Crippen molar-refractivity contribution in [1.82, 2.24) is 4.90 Å². The fourth-order valence-corrected chi connectivity index (χ4v) is 3.84. The molecule has 156 valence electrons. The average Bonchev–Trinajstić information content (AvgIpc) is 2.74. The summed E-state index contributed by atoms with van der Waals surface area (Å²) < 4.78 is 24.2. The maximum Gasteiger partial charge on any atom is 0.161 e. The Hall–Kier alpha value is -2.40. The van der Waals surface area contributed by atoms with Gasteiger partial charge in [0.15, 0.2) is 17.3 Å². The molecule has 0 bridgehead atoms. The van der Waals surface area contributed by atoms with Gasteiger partial charge in [-0.1, -0.05) is 12.1 Å². The Balaban J connectivity index is 1.37. The van der Waals surface area contributed by atoms with Gasteiger partial charge in [0.1, 0.15) is 5.82 Å². The summed E-state index contributed by atoms with van der Waals surface area (Å²) in [7, 11) is 1.59. The van der Waals surface area contributed by atoms with Gasteiger partial charge in [-0.15, -0.1) is 0 Å². The number of nitrogens with zero attached hydrogens (tertiary/aromatic N) is 1. The lowest BCUT2D eigenvalue weighted by molar-refractivity contribution is 0.101. The van der Waals surface area contributed by atoms with Crippen molar-refractivity contribution in [3.63, 3.8) is 0 Å². The number of halogens is 1. The van der Waals surface area contributed by atoms with Gasteiger partial charge < -0.3 is 14.4 Å². The molecule has 1 aliphatic heterocycles. The van der Waals surface area contributed by atoms with E-state index >= 15 is 0 Å². The van der Waals surface area contributed by atoms with Crippen LogP contribution in [0, 0.1) is 11.7 Å². The van der Waals surface area contributed by atoms with E-state index in [4.69, 9.17) is 9.47 Å². The molecule has 0 aromatic heterocycles. The van der Waals surface area contributed by atoms with E-state index in [1.807, 2.05) is 12.1 Å². The van der Waals surface area contributed by atoms with Gasteiger partial charge in [-0.2, -0.15) is 0 Å². The minimum atomic E-state index is -0.168. The summed E-state index contributed by atoms with van der Waals surface area (Å²) in [6.45, 7) is 5.37. The third-order valence-corrected chi connectivity index (χ3v) is 5.59. The molecule has 2 aromatic carbocycles. The summed E-state index contributed by atoms with van der Waals surface area (Å²) in [6.07, 6.45) is 4.34. The number of likely N-dealkylation sites (tertiary alicyclic amines) is 1. The molecule has 3 rings (SSSR count). The van der Waals surface area contributed by atoms with E-state index in [1.54, 1.807) is 37.4 Å². The molecule has 0 aliphatic carbocycles. The van der Waals surface area contributed by atoms with Gasteiger partial charge in [-0.05, 0) is 87.5 Å². The molecule has 1 heterocycles. The molecule has 29 heavy (non-hydrogen) atoms. The predicted molar refractivity (Wildman–Crippen MR) is 112 cm³/mol. The zero-order valence-corrected chi connectivity index (χ0v) is 17.3. The van der Waals surface area contributed by atoms with Gasteiger partial charge in [0, 0.05) is 12.1 Å². The monoisotopic (exact) mass is 399 g/mol. The Morgan fingerprint density at radius 1 is 1.10 bits per heavy atom. The van der Waals surface area contributed by atoms with E-state index in [0.29, 0.717) is 29.6 Å². The Morgan fingerprint density at radius 3 is 2.48 bits per heavy atom. The van der Waals surface area contributed by atoms with Crippen molar-refractivity contribution in [2.24, 2.45) is 5.92 Å². The summed E-state index contributed by atoms with van der Waals surface area (Å²) in [5.74, 6) is 1.79. The number of methoxy groups -OCH3 is 1. The smallest absolute Gasteiger partial charge is 0.161 e. The summed E-state index contributed by atoms with van der Waals surface area (Å²) >= 11 is 0. The molecule has 4 nitrogen and oxygen atoms in total. The molecule has 0 saturated carbocycles. The van der Waals surface area contributed by atoms with E-state index in [2.05, 4.69) is 4.90 Å². The maximum atomic E-state index is 13.0. The lowest BCUT2D eigenvalue weighted by Gasteiger charge is -2.32. The third-order valence-electron chi connectivity index (χ3n) is 5.59. The van der Waals surface area contributed by atoms with Crippen molar-refractivity contribution in [1.29, 1.82) is 0 Å². The first-order chi connectivity index (χ1) is 14.0. The zero-order valence-electron chi connectivity index (χ0n) is 17.3. The number of ether oxygens (including phenoxy) is 2. The van der Waals surface area contributed by atoms with Crippen LogP contribution in [0.1, 0.15) is 42.1 Å². The molecule has 5 heteroatoms. The third kappa shape index (κ3) is 6.29. The Labute approximate surface area is 172 Å². The largest absolute Gasteiger partial charge is 0.493 e. The van der Waals surface area contributed by atoms with Gasteiger partial charge >= 0.3 is 0 Å². The van der Waals surface area contributed by atoms with E-state index in [0.717, 1.165) is 32.5 Å². The summed E-state index contributed by atoms with van der Waals surface area (Å²) in [5, 5.41) is 0. The van der Waals surface area contributed by atoms with Crippen LogP contribution in [0.5, 0.6) is 11.5 Å². The summed E-state index contributed by atoms with van der Waals surface area (Å²) in [6, 6.07) is 12.2. The topological polar surface area (TPSA) is 38.8 Å². The summed E-state index contributed by atoms with van der Waals surface area (Å²) in [4.78, 5) is 14.0. The SMILES string of the molecule is COc1cc(C(C)=O)ccc1OCCCN1CCC(Cc2ccc(F)cc2)CC1. The molecule has 0 unspecified atom stereocenters. The lowest BCUT2D eigenvalue weighted by atomic mass is 9.90. The number of piperidine rings is 1. The van der Waals surface area contributed by atoms with Crippen molar-refractivity contribution < 1.29 is 18.7 Å². The molecule has 0 radical (unpaired) electrons. The van der Waals surface area contributed by atoms with E-state index < -0.39 is 0 Å². The highest BCUT2D eigenvalue weighted by Crippen LogP contribution is 2.28. The molecule has 0 amide bonds. The molecular weight excluding hydrogens is 369 g/mol. The first-order valence-corrected chi connectivity index (χ1v) is 10.3. The maximum absolute atomic E-state index is 13.0. The van der Waals surface area contributed by atoms with Crippen molar-refractivity contribution in [3.8, 4) is 11.5 Å². The quantitative estimate of drug-likeness (QED) is 0.450. The number of hydrogen-bond acceptors (Lipinski definition) is 4. The first-order valence-electron chi connectivity index (χ1n) is 10.3. The van der Waals surface area contributed by atoms with Gasteiger partial charge in [-0.25, -0.2) is 4.39 Å².